The van der Waals surface area contributed by atoms with Crippen molar-refractivity contribution in [2.45, 2.75) is 13.8 Å². The van der Waals surface area contributed by atoms with Gasteiger partial charge in [-0.25, -0.2) is 0 Å². The van der Waals surface area contributed by atoms with Crippen molar-refractivity contribution in [1.82, 2.24) is 4.90 Å². The summed E-state index contributed by atoms with van der Waals surface area (Å²) in [4.78, 5) is 14.7. The van der Waals surface area contributed by atoms with E-state index in [1.807, 2.05) is 22.4 Å². The van der Waals surface area contributed by atoms with Crippen molar-refractivity contribution in [2.24, 2.45) is 5.92 Å². The number of fused-ring (bicyclic) bond motifs is 1. The molecule has 0 unspecified atom stereocenters. The monoisotopic (exact) mass is 321 g/mol. The molecule has 1 amide bonds. The molecule has 1 aromatic heterocycles. The van der Waals surface area contributed by atoms with Crippen LogP contribution in [0.4, 0.5) is 0 Å². The zero-order valence-corrected chi connectivity index (χ0v) is 13.9. The van der Waals surface area contributed by atoms with Crippen LogP contribution >= 0.6 is 11.3 Å². The van der Waals surface area contributed by atoms with Crippen LogP contribution in [0.2, 0.25) is 0 Å². The Balaban J connectivity index is 1.91. The van der Waals surface area contributed by atoms with E-state index >= 15 is 0 Å². The normalized spacial score (nSPS) is 23.2. The molecule has 0 aliphatic carbocycles. The van der Waals surface area contributed by atoms with Crippen molar-refractivity contribution < 1.29 is 9.00 Å². The van der Waals surface area contributed by atoms with Gasteiger partial charge in [-0.05, 0) is 24.5 Å². The smallest absolute Gasteiger partial charge is 0.255 e. The fraction of sp³-hybridized carbons (Fsp3) is 0.438. The van der Waals surface area contributed by atoms with E-state index < -0.39 is 10.8 Å². The second kappa shape index (κ2) is 5.89. The predicted molar refractivity (Wildman–Crippen MR) is 89.5 cm³/mol. The lowest BCUT2D eigenvalue weighted by atomic mass is 10.1. The van der Waals surface area contributed by atoms with Gasteiger partial charge in [0.1, 0.15) is 0 Å². The van der Waals surface area contributed by atoms with E-state index in [-0.39, 0.29) is 5.91 Å². The number of benzene rings is 1. The molecular weight excluding hydrogens is 302 g/mol. The molecule has 5 heteroatoms. The summed E-state index contributed by atoms with van der Waals surface area (Å²) in [6.45, 7) is 5.43. The highest BCUT2D eigenvalue weighted by molar-refractivity contribution is 7.85. The molecule has 3 rings (SSSR count). The highest BCUT2D eigenvalue weighted by Crippen LogP contribution is 2.28. The number of thiophene rings is 1. The minimum atomic E-state index is -0.793. The maximum atomic E-state index is 12.8. The van der Waals surface area contributed by atoms with Gasteiger partial charge in [-0.15, -0.1) is 11.3 Å². The van der Waals surface area contributed by atoms with Crippen LogP contribution in [0, 0.1) is 12.8 Å². The molecule has 2 aromatic rings. The summed E-state index contributed by atoms with van der Waals surface area (Å²) in [7, 11) is -0.793. The average Bonchev–Trinajstić information content (AvgIpc) is 2.76. The van der Waals surface area contributed by atoms with Crippen LogP contribution in [0.1, 0.15) is 22.8 Å². The van der Waals surface area contributed by atoms with Gasteiger partial charge >= 0.3 is 0 Å². The number of rotatable bonds is 1. The molecule has 0 saturated carbocycles. The molecule has 0 N–H and O–H groups in total. The number of carbonyl (C=O) groups excluding carboxylic acids is 1. The number of aryl methyl sites for hydroxylation is 1. The van der Waals surface area contributed by atoms with Crippen molar-refractivity contribution in [3.05, 3.63) is 34.7 Å². The highest BCUT2D eigenvalue weighted by Gasteiger charge is 2.25. The van der Waals surface area contributed by atoms with Crippen LogP contribution in [0.15, 0.2) is 23.6 Å². The Bertz CT molecular complexity index is 707. The van der Waals surface area contributed by atoms with Gasteiger partial charge in [-0.3, -0.25) is 9.00 Å². The first-order valence-electron chi connectivity index (χ1n) is 7.16. The molecule has 1 saturated heterocycles. The first-order valence-corrected chi connectivity index (χ1v) is 9.53. The van der Waals surface area contributed by atoms with E-state index in [1.165, 1.54) is 5.56 Å². The Kier molecular flexibility index (Phi) is 4.13. The first-order chi connectivity index (χ1) is 10.0. The second-order valence-electron chi connectivity index (χ2n) is 5.82. The van der Waals surface area contributed by atoms with E-state index in [2.05, 4.69) is 19.9 Å². The second-order valence-corrected chi connectivity index (χ2v) is 8.35. The first kappa shape index (κ1) is 14.7. The fourth-order valence-corrected chi connectivity index (χ4v) is 5.15. The molecule has 2 atom stereocenters. The Morgan fingerprint density at radius 3 is 3.05 bits per heavy atom. The third-order valence-corrected chi connectivity index (χ3v) is 6.36. The van der Waals surface area contributed by atoms with Gasteiger partial charge < -0.3 is 4.90 Å². The molecule has 112 valence electrons. The molecule has 1 fully saturated rings. The molecule has 0 bridgehead atoms. The highest BCUT2D eigenvalue weighted by atomic mass is 32.2. The van der Waals surface area contributed by atoms with Gasteiger partial charge in [-0.2, -0.15) is 0 Å². The maximum Gasteiger partial charge on any atom is 0.255 e. The molecule has 0 spiro atoms. The van der Waals surface area contributed by atoms with E-state index in [0.717, 1.165) is 15.6 Å². The predicted octanol–water partition coefficient (Wildman–Crippen LogP) is 3.05. The lowest BCUT2D eigenvalue weighted by Gasteiger charge is -2.22. The van der Waals surface area contributed by atoms with Gasteiger partial charge in [0.25, 0.3) is 5.91 Å². The van der Waals surface area contributed by atoms with Crippen molar-refractivity contribution in [1.29, 1.82) is 0 Å². The van der Waals surface area contributed by atoms with Crippen molar-refractivity contribution in [3.8, 4) is 0 Å². The molecule has 3 nitrogen and oxygen atoms in total. The Morgan fingerprint density at radius 1 is 1.43 bits per heavy atom. The topological polar surface area (TPSA) is 37.4 Å². The fourth-order valence-electron chi connectivity index (χ4n) is 2.79. The third kappa shape index (κ3) is 3.04. The van der Waals surface area contributed by atoms with Crippen LogP contribution in [0.3, 0.4) is 0 Å². The quantitative estimate of drug-likeness (QED) is 0.809. The van der Waals surface area contributed by atoms with Crippen LogP contribution in [-0.4, -0.2) is 39.6 Å². The summed E-state index contributed by atoms with van der Waals surface area (Å²) in [5.74, 6) is 1.67. The van der Waals surface area contributed by atoms with Gasteiger partial charge in [0, 0.05) is 50.9 Å². The van der Waals surface area contributed by atoms with E-state index in [1.54, 1.807) is 11.3 Å². The van der Waals surface area contributed by atoms with E-state index in [9.17, 15) is 9.00 Å². The summed E-state index contributed by atoms with van der Waals surface area (Å²) in [6, 6.07) is 6.20. The minimum absolute atomic E-state index is 0.0795. The van der Waals surface area contributed by atoms with E-state index in [4.69, 9.17) is 0 Å². The van der Waals surface area contributed by atoms with Crippen LogP contribution in [-0.2, 0) is 10.8 Å². The lowest BCUT2D eigenvalue weighted by molar-refractivity contribution is 0.0754. The van der Waals surface area contributed by atoms with Crippen LogP contribution in [0.5, 0.6) is 0 Å². The third-order valence-electron chi connectivity index (χ3n) is 3.84. The summed E-state index contributed by atoms with van der Waals surface area (Å²) < 4.78 is 12.9. The SMILES string of the molecule is Cc1ccc2c(C(=O)N3CC[S@@](=O)C[C@H](C)C3)csc2c1. The van der Waals surface area contributed by atoms with Crippen molar-refractivity contribution >= 4 is 38.1 Å². The van der Waals surface area contributed by atoms with Crippen LogP contribution < -0.4 is 0 Å². The number of nitrogens with zero attached hydrogens (tertiary/aromatic N) is 1. The summed E-state index contributed by atoms with van der Waals surface area (Å²) in [6.07, 6.45) is 0. The standard InChI is InChI=1S/C16H19NO2S2/c1-11-3-4-13-14(9-20-15(13)7-11)16(18)17-5-6-21(19)10-12(2)8-17/h3-4,7,9,12H,5-6,8,10H2,1-2H3/t12-,21-/m1/s1. The average molecular weight is 321 g/mol. The zero-order valence-electron chi connectivity index (χ0n) is 12.3. The molecule has 2 heterocycles. The lowest BCUT2D eigenvalue weighted by Crippen LogP contribution is -2.35. The van der Waals surface area contributed by atoms with Crippen molar-refractivity contribution in [2.75, 3.05) is 24.6 Å². The number of amides is 1. The minimum Gasteiger partial charge on any atom is -0.337 e. The number of hydrogen-bond acceptors (Lipinski definition) is 3. The van der Waals surface area contributed by atoms with Gasteiger partial charge in [-0.1, -0.05) is 19.1 Å². The number of carbonyl (C=O) groups is 1. The van der Waals surface area contributed by atoms with Gasteiger partial charge in [0.05, 0.1) is 5.56 Å². The molecule has 1 aliphatic heterocycles. The number of hydrogen-bond donors (Lipinski definition) is 0. The Hall–Kier alpha value is -1.20. The Morgan fingerprint density at radius 2 is 2.24 bits per heavy atom. The van der Waals surface area contributed by atoms with Crippen molar-refractivity contribution in [3.63, 3.8) is 0 Å². The van der Waals surface area contributed by atoms with Crippen LogP contribution in [0.25, 0.3) is 10.1 Å². The molecule has 0 radical (unpaired) electrons. The Labute approximate surface area is 131 Å². The van der Waals surface area contributed by atoms with Gasteiger partial charge in [0.15, 0.2) is 0 Å². The van der Waals surface area contributed by atoms with E-state index in [0.29, 0.717) is 30.5 Å². The summed E-state index contributed by atoms with van der Waals surface area (Å²) >= 11 is 1.62. The molecule has 1 aliphatic rings. The maximum absolute atomic E-state index is 12.8. The van der Waals surface area contributed by atoms with Gasteiger partial charge in [0.2, 0.25) is 0 Å². The molecule has 1 aromatic carbocycles. The largest absolute Gasteiger partial charge is 0.337 e. The summed E-state index contributed by atoms with van der Waals surface area (Å²) in [5, 5.41) is 2.99. The molecule has 21 heavy (non-hydrogen) atoms. The zero-order chi connectivity index (χ0) is 15.0. The molecular formula is C16H19NO2S2. The summed E-state index contributed by atoms with van der Waals surface area (Å²) in [5.41, 5.74) is 2.00.